The molecule has 0 spiro atoms. The van der Waals surface area contributed by atoms with E-state index < -0.39 is 11.9 Å². The number of hydrogen-bond acceptors (Lipinski definition) is 3. The summed E-state index contributed by atoms with van der Waals surface area (Å²) >= 11 is 0. The number of benzene rings is 2. The molecule has 0 fully saturated rings. The van der Waals surface area contributed by atoms with E-state index in [-0.39, 0.29) is 16.7 Å². The Hall–Kier alpha value is -2.87. The van der Waals surface area contributed by atoms with E-state index in [9.17, 15) is 9.59 Å². The predicted octanol–water partition coefficient (Wildman–Crippen LogP) is 2.11. The van der Waals surface area contributed by atoms with Gasteiger partial charge < -0.3 is 10.2 Å². The molecule has 0 aliphatic carbocycles. The zero-order valence-corrected chi connectivity index (χ0v) is 9.04. The van der Waals surface area contributed by atoms with Crippen LogP contribution in [0.25, 0.3) is 10.8 Å². The Morgan fingerprint density at radius 3 is 2.33 bits per heavy atom. The van der Waals surface area contributed by atoms with Gasteiger partial charge in [0.15, 0.2) is 0 Å². The van der Waals surface area contributed by atoms with Gasteiger partial charge in [0, 0.05) is 0 Å². The fourth-order valence-corrected chi connectivity index (χ4v) is 1.79. The van der Waals surface area contributed by atoms with E-state index in [1.165, 1.54) is 30.3 Å². The van der Waals surface area contributed by atoms with Crippen LogP contribution in [0.2, 0.25) is 0 Å². The lowest BCUT2D eigenvalue weighted by Gasteiger charge is -2.05. The lowest BCUT2D eigenvalue weighted by Crippen LogP contribution is -2.02. The average Bonchev–Trinajstić information content (AvgIpc) is 2.36. The molecule has 0 saturated carbocycles. The molecule has 88 valence electrons. The molecule has 0 bridgehead atoms. The van der Waals surface area contributed by atoms with Crippen LogP contribution in [-0.4, -0.2) is 22.2 Å². The quantitative estimate of drug-likeness (QED) is 0.838. The molecule has 2 aromatic carbocycles. The molecule has 5 nitrogen and oxygen atoms in total. The van der Waals surface area contributed by atoms with Crippen molar-refractivity contribution in [2.45, 2.75) is 0 Å². The van der Waals surface area contributed by atoms with Gasteiger partial charge in [-0.3, -0.25) is 0 Å². The molecule has 0 unspecified atom stereocenters. The average molecular weight is 241 g/mol. The van der Waals surface area contributed by atoms with Gasteiger partial charge in [0.1, 0.15) is 6.07 Å². The van der Waals surface area contributed by atoms with Crippen molar-refractivity contribution >= 4 is 22.7 Å². The molecule has 2 N–H and O–H groups in total. The van der Waals surface area contributed by atoms with Crippen LogP contribution in [0.15, 0.2) is 30.3 Å². The van der Waals surface area contributed by atoms with Crippen molar-refractivity contribution in [2.24, 2.45) is 0 Å². The first kappa shape index (κ1) is 11.6. The Kier molecular flexibility index (Phi) is 2.70. The summed E-state index contributed by atoms with van der Waals surface area (Å²) in [5.41, 5.74) is 0.0218. The zero-order valence-electron chi connectivity index (χ0n) is 9.04. The Morgan fingerprint density at radius 2 is 1.78 bits per heavy atom. The summed E-state index contributed by atoms with van der Waals surface area (Å²) in [7, 11) is 0. The Morgan fingerprint density at radius 1 is 1.06 bits per heavy atom. The number of rotatable bonds is 2. The monoisotopic (exact) mass is 241 g/mol. The summed E-state index contributed by atoms with van der Waals surface area (Å²) in [6, 6.07) is 8.82. The number of carbonyl (C=O) groups is 2. The third-order valence-electron chi connectivity index (χ3n) is 2.60. The Bertz CT molecular complexity index is 713. The minimum atomic E-state index is -1.21. The molecular weight excluding hydrogens is 234 g/mol. The van der Waals surface area contributed by atoms with E-state index in [0.717, 1.165) is 0 Å². The minimum absolute atomic E-state index is 0.0538. The second-order valence-corrected chi connectivity index (χ2v) is 3.65. The van der Waals surface area contributed by atoms with E-state index in [2.05, 4.69) is 0 Å². The molecule has 2 rings (SSSR count). The van der Waals surface area contributed by atoms with E-state index in [1.54, 1.807) is 0 Å². The molecule has 0 radical (unpaired) electrons. The Balaban J connectivity index is 2.83. The van der Waals surface area contributed by atoms with Crippen molar-refractivity contribution < 1.29 is 19.8 Å². The first-order valence-corrected chi connectivity index (χ1v) is 4.98. The summed E-state index contributed by atoms with van der Waals surface area (Å²) < 4.78 is 0. The van der Waals surface area contributed by atoms with Gasteiger partial charge in [-0.15, -0.1) is 0 Å². The topological polar surface area (TPSA) is 98.4 Å². The second-order valence-electron chi connectivity index (χ2n) is 3.65. The van der Waals surface area contributed by atoms with Crippen LogP contribution in [0, 0.1) is 11.3 Å². The number of fused-ring (bicyclic) bond motifs is 1. The van der Waals surface area contributed by atoms with Gasteiger partial charge in [-0.25, -0.2) is 9.59 Å². The number of carboxylic acid groups (broad SMARTS) is 2. The first-order chi connectivity index (χ1) is 8.54. The third-order valence-corrected chi connectivity index (χ3v) is 2.60. The molecule has 0 amide bonds. The molecular formula is C13H7NO4. The molecule has 0 aromatic heterocycles. The fourth-order valence-electron chi connectivity index (χ4n) is 1.79. The molecule has 0 aliphatic heterocycles. The van der Waals surface area contributed by atoms with Crippen LogP contribution in [0.3, 0.4) is 0 Å². The Labute approximate surface area is 102 Å². The van der Waals surface area contributed by atoms with Gasteiger partial charge >= 0.3 is 11.9 Å². The van der Waals surface area contributed by atoms with Gasteiger partial charge in [0.2, 0.25) is 0 Å². The van der Waals surface area contributed by atoms with Gasteiger partial charge in [-0.05, 0) is 29.0 Å². The van der Waals surface area contributed by atoms with Gasteiger partial charge in [-0.2, -0.15) is 5.26 Å². The number of carboxylic acids is 2. The summed E-state index contributed by atoms with van der Waals surface area (Å²) in [5, 5.41) is 27.7. The van der Waals surface area contributed by atoms with Crippen molar-refractivity contribution in [3.8, 4) is 6.07 Å². The van der Waals surface area contributed by atoms with E-state index in [4.69, 9.17) is 15.5 Å². The van der Waals surface area contributed by atoms with Gasteiger partial charge in [-0.1, -0.05) is 12.1 Å². The lowest BCUT2D eigenvalue weighted by atomic mass is 9.98. The van der Waals surface area contributed by atoms with E-state index >= 15 is 0 Å². The second kappa shape index (κ2) is 4.18. The fraction of sp³-hybridized carbons (Fsp3) is 0. The first-order valence-electron chi connectivity index (χ1n) is 4.98. The highest BCUT2D eigenvalue weighted by Crippen LogP contribution is 2.23. The SMILES string of the molecule is N#Cc1ccc2cc(C(=O)O)ccc2c1C(=O)O. The van der Waals surface area contributed by atoms with Gasteiger partial charge in [0.05, 0.1) is 16.7 Å². The van der Waals surface area contributed by atoms with Crippen molar-refractivity contribution in [2.75, 3.05) is 0 Å². The molecule has 18 heavy (non-hydrogen) atoms. The normalized spacial score (nSPS) is 9.94. The predicted molar refractivity (Wildman–Crippen MR) is 62.6 cm³/mol. The number of aromatic carboxylic acids is 2. The number of nitrogens with zero attached hydrogens (tertiary/aromatic N) is 1. The standard InChI is InChI=1S/C13H7NO4/c14-6-9-2-1-7-5-8(12(15)16)3-4-10(7)11(9)13(17)18/h1-5H,(H,15,16)(H,17,18). The van der Waals surface area contributed by atoms with E-state index in [1.807, 2.05) is 6.07 Å². The van der Waals surface area contributed by atoms with Crippen LogP contribution in [0.4, 0.5) is 0 Å². The third kappa shape index (κ3) is 1.76. The molecule has 2 aromatic rings. The summed E-state index contributed by atoms with van der Waals surface area (Å²) in [6.45, 7) is 0. The highest BCUT2D eigenvalue weighted by molar-refractivity contribution is 6.07. The highest BCUT2D eigenvalue weighted by Gasteiger charge is 2.15. The van der Waals surface area contributed by atoms with Crippen LogP contribution in [0.1, 0.15) is 26.3 Å². The molecule has 0 aliphatic rings. The highest BCUT2D eigenvalue weighted by atomic mass is 16.4. The van der Waals surface area contributed by atoms with Crippen LogP contribution < -0.4 is 0 Å². The smallest absolute Gasteiger partial charge is 0.337 e. The van der Waals surface area contributed by atoms with Gasteiger partial charge in [0.25, 0.3) is 0 Å². The minimum Gasteiger partial charge on any atom is -0.478 e. The van der Waals surface area contributed by atoms with Crippen molar-refractivity contribution in [3.63, 3.8) is 0 Å². The summed E-state index contributed by atoms with van der Waals surface area (Å²) in [5.74, 6) is -2.29. The molecule has 0 heterocycles. The number of hydrogen-bond donors (Lipinski definition) is 2. The molecule has 0 atom stereocenters. The number of nitriles is 1. The summed E-state index contributed by atoms with van der Waals surface area (Å²) in [4.78, 5) is 22.0. The van der Waals surface area contributed by atoms with Crippen LogP contribution in [-0.2, 0) is 0 Å². The maximum atomic E-state index is 11.1. The zero-order chi connectivity index (χ0) is 13.3. The van der Waals surface area contributed by atoms with Crippen molar-refractivity contribution in [1.82, 2.24) is 0 Å². The van der Waals surface area contributed by atoms with Crippen LogP contribution in [0.5, 0.6) is 0 Å². The van der Waals surface area contributed by atoms with Crippen molar-refractivity contribution in [1.29, 1.82) is 5.26 Å². The van der Waals surface area contributed by atoms with Crippen LogP contribution >= 0.6 is 0 Å². The lowest BCUT2D eigenvalue weighted by molar-refractivity contribution is 0.0688. The van der Waals surface area contributed by atoms with Crippen molar-refractivity contribution in [3.05, 3.63) is 47.0 Å². The molecule has 5 heteroatoms. The maximum Gasteiger partial charge on any atom is 0.337 e. The van der Waals surface area contributed by atoms with E-state index in [0.29, 0.717) is 10.8 Å². The largest absolute Gasteiger partial charge is 0.478 e. The molecule has 0 saturated heterocycles. The maximum absolute atomic E-state index is 11.1. The summed E-state index contributed by atoms with van der Waals surface area (Å²) in [6.07, 6.45) is 0.